The first-order valence-corrected chi connectivity index (χ1v) is 13.8. The second-order valence-corrected chi connectivity index (χ2v) is 10.9. The number of nitrogens with one attached hydrogen (secondary N) is 1. The Bertz CT molecular complexity index is 1460. The molecule has 1 saturated carbocycles. The molecule has 1 aromatic carbocycles. The van der Waals surface area contributed by atoms with Gasteiger partial charge in [-0.2, -0.15) is 0 Å². The molecule has 4 heterocycles. The molecule has 0 radical (unpaired) electrons. The summed E-state index contributed by atoms with van der Waals surface area (Å²) in [6.07, 6.45) is 7.48. The number of fused-ring (bicyclic) bond motifs is 2. The van der Waals surface area contributed by atoms with E-state index in [0.29, 0.717) is 37.1 Å². The fraction of sp³-hybridized carbons (Fsp3) is 0.433. The van der Waals surface area contributed by atoms with E-state index in [4.69, 9.17) is 9.15 Å². The molecule has 208 valence electrons. The molecule has 10 nitrogen and oxygen atoms in total. The van der Waals surface area contributed by atoms with Crippen LogP contribution >= 0.6 is 0 Å². The van der Waals surface area contributed by atoms with Gasteiger partial charge in [-0.1, -0.05) is 25.3 Å². The van der Waals surface area contributed by atoms with Gasteiger partial charge < -0.3 is 24.3 Å². The Kier molecular flexibility index (Phi) is 6.77. The molecule has 2 aromatic heterocycles. The topological polar surface area (TPSA) is 122 Å². The lowest BCUT2D eigenvalue weighted by atomic mass is 9.80. The maximum absolute atomic E-state index is 14.2. The van der Waals surface area contributed by atoms with E-state index in [-0.39, 0.29) is 42.4 Å². The molecular weight excluding hydrogens is 512 g/mol. The number of carbonyl (C=O) groups excluding carboxylic acids is 4. The Balaban J connectivity index is 1.21. The van der Waals surface area contributed by atoms with Crippen LogP contribution in [0, 0.1) is 0 Å². The van der Waals surface area contributed by atoms with Crippen LogP contribution in [0.25, 0.3) is 11.0 Å². The summed E-state index contributed by atoms with van der Waals surface area (Å²) in [6, 6.07) is 9.48. The van der Waals surface area contributed by atoms with Gasteiger partial charge in [-0.15, -0.1) is 0 Å². The molecule has 0 spiro atoms. The number of nitrogens with zero attached hydrogens (tertiary/aromatic N) is 3. The number of amides is 3. The molecule has 10 heteroatoms. The third-order valence-corrected chi connectivity index (χ3v) is 8.50. The van der Waals surface area contributed by atoms with Crippen LogP contribution in [0.3, 0.4) is 0 Å². The number of furan rings is 1. The van der Waals surface area contributed by atoms with Gasteiger partial charge in [0.2, 0.25) is 11.8 Å². The third kappa shape index (κ3) is 4.61. The van der Waals surface area contributed by atoms with Crippen molar-refractivity contribution in [3.8, 4) is 5.75 Å². The summed E-state index contributed by atoms with van der Waals surface area (Å²) in [5.41, 5.74) is 0.195. The second kappa shape index (κ2) is 10.4. The summed E-state index contributed by atoms with van der Waals surface area (Å²) in [5.74, 6) is -0.237. The molecule has 3 aliphatic rings. The number of likely N-dealkylation sites (tertiary alicyclic amines) is 2. The first-order valence-electron chi connectivity index (χ1n) is 13.8. The minimum absolute atomic E-state index is 0.0139. The predicted octanol–water partition coefficient (Wildman–Crippen LogP) is 2.89. The standard InChI is InChI=1S/C30H32N4O6/c1-39-21-7-8-24-20(15-21)16-25(40-24)28(37)32-30(10-3-2-4-11-30)29(38)33-13-9-22-27(33)23(35)18-34(22)26(36)14-19-6-5-12-31-17-19/h5-8,12,15-17,22,27H,2-4,9-11,13-14,18H2,1H3,(H,32,37). The van der Waals surface area contributed by atoms with E-state index in [1.54, 1.807) is 59.6 Å². The monoisotopic (exact) mass is 544 g/mol. The predicted molar refractivity (Wildman–Crippen MR) is 145 cm³/mol. The number of benzene rings is 1. The molecule has 40 heavy (non-hydrogen) atoms. The van der Waals surface area contributed by atoms with Crippen LogP contribution < -0.4 is 10.1 Å². The van der Waals surface area contributed by atoms with Crippen LogP contribution in [-0.4, -0.2) is 76.1 Å². The molecular formula is C30H32N4O6. The van der Waals surface area contributed by atoms with Crippen molar-refractivity contribution in [2.45, 2.75) is 62.6 Å². The van der Waals surface area contributed by atoms with Gasteiger partial charge in [0.15, 0.2) is 11.5 Å². The first kappa shape index (κ1) is 26.0. The van der Waals surface area contributed by atoms with Crippen molar-refractivity contribution in [3.63, 3.8) is 0 Å². The van der Waals surface area contributed by atoms with Crippen molar-refractivity contribution in [3.05, 3.63) is 60.1 Å². The Morgan fingerprint density at radius 2 is 1.95 bits per heavy atom. The van der Waals surface area contributed by atoms with Gasteiger partial charge in [0.05, 0.1) is 26.1 Å². The second-order valence-electron chi connectivity index (χ2n) is 10.9. The molecule has 2 atom stereocenters. The van der Waals surface area contributed by atoms with Crippen molar-refractivity contribution >= 4 is 34.5 Å². The molecule has 2 unspecified atom stereocenters. The third-order valence-electron chi connectivity index (χ3n) is 8.50. The van der Waals surface area contributed by atoms with E-state index in [1.165, 1.54) is 0 Å². The molecule has 2 saturated heterocycles. The first-order chi connectivity index (χ1) is 19.4. The zero-order chi connectivity index (χ0) is 27.9. The molecule has 6 rings (SSSR count). The average Bonchev–Trinajstić information content (AvgIpc) is 3.68. The van der Waals surface area contributed by atoms with E-state index in [2.05, 4.69) is 10.3 Å². The molecule has 1 aliphatic carbocycles. The number of ether oxygens (including phenoxy) is 1. The van der Waals surface area contributed by atoms with Crippen LogP contribution in [0.1, 0.15) is 54.6 Å². The maximum Gasteiger partial charge on any atom is 0.287 e. The summed E-state index contributed by atoms with van der Waals surface area (Å²) in [6.45, 7) is 0.346. The summed E-state index contributed by atoms with van der Waals surface area (Å²) in [5, 5.41) is 3.75. The van der Waals surface area contributed by atoms with Gasteiger partial charge in [0.1, 0.15) is 22.9 Å². The van der Waals surface area contributed by atoms with Crippen molar-refractivity contribution < 1.29 is 28.3 Å². The fourth-order valence-corrected chi connectivity index (χ4v) is 6.51. The van der Waals surface area contributed by atoms with Crippen molar-refractivity contribution in [1.29, 1.82) is 0 Å². The molecule has 2 aliphatic heterocycles. The summed E-state index contributed by atoms with van der Waals surface area (Å²) in [7, 11) is 1.57. The van der Waals surface area contributed by atoms with Crippen molar-refractivity contribution in [1.82, 2.24) is 20.1 Å². The van der Waals surface area contributed by atoms with Crippen LogP contribution in [-0.2, 0) is 20.8 Å². The summed E-state index contributed by atoms with van der Waals surface area (Å²) >= 11 is 0. The highest BCUT2D eigenvalue weighted by atomic mass is 16.5. The number of hydrogen-bond donors (Lipinski definition) is 1. The van der Waals surface area contributed by atoms with Crippen LogP contribution in [0.15, 0.2) is 53.2 Å². The van der Waals surface area contributed by atoms with E-state index >= 15 is 0 Å². The summed E-state index contributed by atoms with van der Waals surface area (Å²) in [4.78, 5) is 61.3. The van der Waals surface area contributed by atoms with Crippen LogP contribution in [0.5, 0.6) is 5.75 Å². The number of hydrogen-bond acceptors (Lipinski definition) is 7. The lowest BCUT2D eigenvalue weighted by molar-refractivity contribution is -0.143. The average molecular weight is 545 g/mol. The highest BCUT2D eigenvalue weighted by molar-refractivity contribution is 6.03. The Labute approximate surface area is 231 Å². The number of Topliss-reactive ketones (excluding diaryl/α,β-unsaturated/α-hetero) is 1. The number of pyridine rings is 1. The lowest BCUT2D eigenvalue weighted by Gasteiger charge is -2.40. The Morgan fingerprint density at radius 3 is 2.70 bits per heavy atom. The van der Waals surface area contributed by atoms with E-state index in [0.717, 1.165) is 30.2 Å². The Morgan fingerprint density at radius 1 is 1.12 bits per heavy atom. The molecule has 3 fully saturated rings. The maximum atomic E-state index is 14.2. The minimum atomic E-state index is -1.13. The van der Waals surface area contributed by atoms with E-state index in [9.17, 15) is 19.2 Å². The Hall–Kier alpha value is -4.21. The quantitative estimate of drug-likeness (QED) is 0.506. The van der Waals surface area contributed by atoms with Gasteiger partial charge >= 0.3 is 0 Å². The zero-order valence-corrected chi connectivity index (χ0v) is 22.4. The van der Waals surface area contributed by atoms with Gasteiger partial charge in [-0.3, -0.25) is 24.2 Å². The SMILES string of the molecule is COc1ccc2oc(C(=O)NC3(C(=O)N4CCC5C4C(=O)CN5C(=O)Cc4cccnc4)CCCCC3)cc2c1. The molecule has 3 aromatic rings. The number of rotatable bonds is 6. The van der Waals surface area contributed by atoms with Crippen LogP contribution in [0.2, 0.25) is 0 Å². The smallest absolute Gasteiger partial charge is 0.287 e. The number of ketones is 1. The fourth-order valence-electron chi connectivity index (χ4n) is 6.51. The largest absolute Gasteiger partial charge is 0.497 e. The van der Waals surface area contributed by atoms with Gasteiger partial charge in [-0.25, -0.2) is 0 Å². The zero-order valence-electron chi connectivity index (χ0n) is 22.4. The van der Waals surface area contributed by atoms with Crippen molar-refractivity contribution in [2.24, 2.45) is 0 Å². The van der Waals surface area contributed by atoms with Gasteiger partial charge in [0, 0.05) is 24.3 Å². The normalized spacial score (nSPS) is 21.9. The van der Waals surface area contributed by atoms with Crippen molar-refractivity contribution in [2.75, 3.05) is 20.2 Å². The van der Waals surface area contributed by atoms with Gasteiger partial charge in [-0.05, 0) is 55.2 Å². The molecule has 0 bridgehead atoms. The van der Waals surface area contributed by atoms with E-state index in [1.807, 2.05) is 6.07 Å². The highest BCUT2D eigenvalue weighted by Crippen LogP contribution is 2.37. The number of carbonyl (C=O) groups is 4. The molecule has 1 N–H and O–H groups in total. The number of aromatic nitrogens is 1. The van der Waals surface area contributed by atoms with Gasteiger partial charge in [0.25, 0.3) is 5.91 Å². The molecule has 3 amide bonds. The lowest BCUT2D eigenvalue weighted by Crippen LogP contribution is -2.62. The number of methoxy groups -OCH3 is 1. The van der Waals surface area contributed by atoms with Crippen LogP contribution in [0.4, 0.5) is 0 Å². The highest BCUT2D eigenvalue weighted by Gasteiger charge is 2.55. The minimum Gasteiger partial charge on any atom is -0.497 e. The summed E-state index contributed by atoms with van der Waals surface area (Å²) < 4.78 is 11.1. The van der Waals surface area contributed by atoms with E-state index < -0.39 is 17.5 Å².